The average Bonchev–Trinajstić information content (AvgIpc) is 2.60. The Morgan fingerprint density at radius 2 is 1.73 bits per heavy atom. The first kappa shape index (κ1) is 17.7. The normalized spacial score (nSPS) is 11.5. The predicted octanol–water partition coefficient (Wildman–Crippen LogP) is 4.08. The van der Waals surface area contributed by atoms with Crippen LogP contribution in [0, 0.1) is 0 Å². The topological polar surface area (TPSA) is 50.5 Å². The van der Waals surface area contributed by atoms with Crippen LogP contribution in [0.25, 0.3) is 11.0 Å². The molecule has 0 aliphatic carbocycles. The van der Waals surface area contributed by atoms with Gasteiger partial charge < -0.3 is 9.32 Å². The number of halogens is 3. The zero-order valence-electron chi connectivity index (χ0n) is 13.7. The minimum atomic E-state index is -4.41. The summed E-state index contributed by atoms with van der Waals surface area (Å²) >= 11 is 0. The van der Waals surface area contributed by atoms with Gasteiger partial charge in [-0.1, -0.05) is 24.3 Å². The highest BCUT2D eigenvalue weighted by Gasteiger charge is 2.30. The molecular weight excluding hydrogens is 347 g/mol. The van der Waals surface area contributed by atoms with E-state index in [9.17, 15) is 22.8 Å². The van der Waals surface area contributed by atoms with E-state index in [0.717, 1.165) is 18.2 Å². The van der Waals surface area contributed by atoms with Crippen molar-refractivity contribution in [1.29, 1.82) is 0 Å². The maximum atomic E-state index is 12.6. The largest absolute Gasteiger partial charge is 0.451 e. The summed E-state index contributed by atoms with van der Waals surface area (Å²) in [5.74, 6) is -0.657. The lowest BCUT2D eigenvalue weighted by atomic mass is 10.1. The van der Waals surface area contributed by atoms with Crippen molar-refractivity contribution < 1.29 is 22.4 Å². The zero-order chi connectivity index (χ0) is 18.9. The third-order valence-corrected chi connectivity index (χ3v) is 3.89. The van der Waals surface area contributed by atoms with Gasteiger partial charge in [0.25, 0.3) is 5.91 Å². The van der Waals surface area contributed by atoms with E-state index in [2.05, 4.69) is 0 Å². The second kappa shape index (κ2) is 6.67. The van der Waals surface area contributed by atoms with Crippen LogP contribution in [0.1, 0.15) is 21.7 Å². The van der Waals surface area contributed by atoms with Gasteiger partial charge in [0.05, 0.1) is 10.9 Å². The Bertz CT molecular complexity index is 1010. The van der Waals surface area contributed by atoms with Crippen molar-refractivity contribution in [2.24, 2.45) is 0 Å². The number of amides is 1. The van der Waals surface area contributed by atoms with E-state index >= 15 is 0 Å². The average molecular weight is 361 g/mol. The lowest BCUT2D eigenvalue weighted by Gasteiger charge is -2.17. The van der Waals surface area contributed by atoms with Gasteiger partial charge in [-0.2, -0.15) is 13.2 Å². The first-order chi connectivity index (χ1) is 12.3. The van der Waals surface area contributed by atoms with Crippen LogP contribution >= 0.6 is 0 Å². The number of carbonyl (C=O) groups excluding carboxylic acids is 1. The molecule has 4 nitrogen and oxygen atoms in total. The molecule has 134 valence electrons. The van der Waals surface area contributed by atoms with E-state index in [0.29, 0.717) is 16.5 Å². The molecule has 0 aliphatic rings. The van der Waals surface area contributed by atoms with Gasteiger partial charge in [0, 0.05) is 19.7 Å². The van der Waals surface area contributed by atoms with E-state index in [1.807, 2.05) is 0 Å². The van der Waals surface area contributed by atoms with E-state index in [-0.39, 0.29) is 17.7 Å². The number of alkyl halides is 3. The maximum Gasteiger partial charge on any atom is 0.416 e. The van der Waals surface area contributed by atoms with Gasteiger partial charge in [0.2, 0.25) is 0 Å². The quantitative estimate of drug-likeness (QED) is 0.706. The van der Waals surface area contributed by atoms with Crippen molar-refractivity contribution in [3.05, 3.63) is 81.7 Å². The van der Waals surface area contributed by atoms with Crippen LogP contribution in [0.5, 0.6) is 0 Å². The highest BCUT2D eigenvalue weighted by atomic mass is 19.4. The van der Waals surface area contributed by atoms with Gasteiger partial charge in [0.15, 0.2) is 11.2 Å². The van der Waals surface area contributed by atoms with Gasteiger partial charge >= 0.3 is 6.18 Å². The minimum Gasteiger partial charge on any atom is -0.451 e. The molecule has 0 fully saturated rings. The minimum absolute atomic E-state index is 0.0769. The van der Waals surface area contributed by atoms with E-state index in [1.54, 1.807) is 24.3 Å². The van der Waals surface area contributed by atoms with Crippen molar-refractivity contribution in [3.63, 3.8) is 0 Å². The molecule has 0 radical (unpaired) electrons. The molecule has 1 amide bonds. The molecule has 3 rings (SSSR count). The lowest BCUT2D eigenvalue weighted by Crippen LogP contribution is -2.27. The van der Waals surface area contributed by atoms with E-state index in [4.69, 9.17) is 4.42 Å². The highest BCUT2D eigenvalue weighted by Crippen LogP contribution is 2.29. The Morgan fingerprint density at radius 1 is 1.08 bits per heavy atom. The summed E-state index contributed by atoms with van der Waals surface area (Å²) in [6.45, 7) is 0.0769. The number of hydrogen-bond acceptors (Lipinski definition) is 3. The Morgan fingerprint density at radius 3 is 2.38 bits per heavy atom. The monoisotopic (exact) mass is 361 g/mol. The van der Waals surface area contributed by atoms with Crippen LogP contribution in [-0.4, -0.2) is 17.9 Å². The molecule has 0 aliphatic heterocycles. The van der Waals surface area contributed by atoms with Crippen LogP contribution in [0.3, 0.4) is 0 Å². The molecule has 7 heteroatoms. The molecule has 1 heterocycles. The van der Waals surface area contributed by atoms with Crippen LogP contribution in [0.15, 0.2) is 63.8 Å². The lowest BCUT2D eigenvalue weighted by molar-refractivity contribution is -0.137. The third kappa shape index (κ3) is 3.61. The molecule has 1 aromatic heterocycles. The van der Waals surface area contributed by atoms with Crippen LogP contribution in [0.2, 0.25) is 0 Å². The summed E-state index contributed by atoms with van der Waals surface area (Å²) in [5.41, 5.74) is -0.267. The van der Waals surface area contributed by atoms with Gasteiger partial charge in [0.1, 0.15) is 5.58 Å². The summed E-state index contributed by atoms with van der Waals surface area (Å²) in [6.07, 6.45) is -4.41. The number of hydrogen-bond donors (Lipinski definition) is 0. The van der Waals surface area contributed by atoms with E-state index in [1.165, 1.54) is 24.1 Å². The molecule has 0 unspecified atom stereocenters. The summed E-state index contributed by atoms with van der Waals surface area (Å²) in [4.78, 5) is 25.8. The molecule has 0 saturated heterocycles. The number of para-hydroxylation sites is 1. The maximum absolute atomic E-state index is 12.6. The number of nitrogens with zero attached hydrogens (tertiary/aromatic N) is 1. The molecule has 0 spiro atoms. The number of fused-ring (bicyclic) bond motifs is 1. The first-order valence-electron chi connectivity index (χ1n) is 7.70. The van der Waals surface area contributed by atoms with Gasteiger partial charge in [-0.15, -0.1) is 0 Å². The molecule has 26 heavy (non-hydrogen) atoms. The van der Waals surface area contributed by atoms with Crippen molar-refractivity contribution >= 4 is 16.9 Å². The standard InChI is InChI=1S/C19H14F3NO3/c1-23(11-12-6-8-13(9-7-12)19(20,21)22)18(25)17-10-15(24)14-4-2-3-5-16(14)26-17/h2-10H,11H2,1H3. The second-order valence-electron chi connectivity index (χ2n) is 5.83. The van der Waals surface area contributed by atoms with Crippen molar-refractivity contribution in [2.75, 3.05) is 7.05 Å². The summed E-state index contributed by atoms with van der Waals surface area (Å²) < 4.78 is 43.3. The summed E-state index contributed by atoms with van der Waals surface area (Å²) in [7, 11) is 1.48. The Kier molecular flexibility index (Phi) is 4.54. The second-order valence-corrected chi connectivity index (χ2v) is 5.83. The van der Waals surface area contributed by atoms with Crippen LogP contribution in [0.4, 0.5) is 13.2 Å². The Labute approximate surface area is 146 Å². The zero-order valence-corrected chi connectivity index (χ0v) is 13.7. The summed E-state index contributed by atoms with van der Waals surface area (Å²) in [5, 5.41) is 0.370. The molecule has 2 aromatic carbocycles. The van der Waals surface area contributed by atoms with Crippen molar-refractivity contribution in [3.8, 4) is 0 Å². The molecule has 0 saturated carbocycles. The number of benzene rings is 2. The van der Waals surface area contributed by atoms with Gasteiger partial charge in [-0.05, 0) is 29.8 Å². The first-order valence-corrected chi connectivity index (χ1v) is 7.70. The predicted molar refractivity (Wildman–Crippen MR) is 89.7 cm³/mol. The van der Waals surface area contributed by atoms with E-state index < -0.39 is 17.6 Å². The smallest absolute Gasteiger partial charge is 0.416 e. The number of rotatable bonds is 3. The Hall–Kier alpha value is -3.09. The highest BCUT2D eigenvalue weighted by molar-refractivity contribution is 5.93. The molecule has 0 N–H and O–H groups in total. The molecule has 0 bridgehead atoms. The fourth-order valence-corrected chi connectivity index (χ4v) is 2.54. The van der Waals surface area contributed by atoms with Crippen LogP contribution in [-0.2, 0) is 12.7 Å². The molecular formula is C19H14F3NO3. The Balaban J connectivity index is 1.81. The van der Waals surface area contributed by atoms with Crippen molar-refractivity contribution in [2.45, 2.75) is 12.7 Å². The SMILES string of the molecule is CN(Cc1ccc(C(F)(F)F)cc1)C(=O)c1cc(=O)c2ccccc2o1. The fraction of sp³-hybridized carbons (Fsp3) is 0.158. The van der Waals surface area contributed by atoms with Gasteiger partial charge in [-0.3, -0.25) is 9.59 Å². The summed E-state index contributed by atoms with van der Waals surface area (Å²) in [6, 6.07) is 12.2. The third-order valence-electron chi connectivity index (χ3n) is 3.89. The van der Waals surface area contributed by atoms with Gasteiger partial charge in [-0.25, -0.2) is 0 Å². The van der Waals surface area contributed by atoms with Crippen LogP contribution < -0.4 is 5.43 Å². The number of carbonyl (C=O) groups is 1. The fourth-order valence-electron chi connectivity index (χ4n) is 2.54. The molecule has 3 aromatic rings. The van der Waals surface area contributed by atoms with Crippen molar-refractivity contribution in [1.82, 2.24) is 4.90 Å². The molecule has 0 atom stereocenters.